The molecule has 0 aliphatic heterocycles. The van der Waals surface area contributed by atoms with Crippen LogP contribution in [-0.2, 0) is 9.59 Å². The van der Waals surface area contributed by atoms with Gasteiger partial charge in [0.15, 0.2) is 11.6 Å². The number of anilines is 2. The summed E-state index contributed by atoms with van der Waals surface area (Å²) in [6.07, 6.45) is 0. The number of aliphatic hydroxyl groups excluding tert-OH is 1. The summed E-state index contributed by atoms with van der Waals surface area (Å²) in [5, 5.41) is 32.7. The maximum atomic E-state index is 11.2. The Balaban J connectivity index is 0.000000280. The Hall–Kier alpha value is -3.10. The average Bonchev–Trinajstić information content (AvgIpc) is 2.67. The molecule has 0 aliphatic rings. The molecular formula is C20H27N3O5. The van der Waals surface area contributed by atoms with Gasteiger partial charge >= 0.3 is 0 Å². The SMILES string of the molecule is C[C@H](Nc1cccc(O)c1)C(=O)CN.C[C@H](Nc1cccc(O)c1)C(=O)CO. The zero-order chi connectivity index (χ0) is 21.1. The van der Waals surface area contributed by atoms with Crippen LogP contribution in [0.2, 0.25) is 0 Å². The number of ketones is 2. The molecule has 28 heavy (non-hydrogen) atoms. The number of benzene rings is 2. The lowest BCUT2D eigenvalue weighted by Crippen LogP contribution is -2.31. The van der Waals surface area contributed by atoms with Crippen LogP contribution < -0.4 is 16.4 Å². The molecule has 152 valence electrons. The van der Waals surface area contributed by atoms with Crippen molar-refractivity contribution in [2.45, 2.75) is 25.9 Å². The maximum absolute atomic E-state index is 11.2. The van der Waals surface area contributed by atoms with E-state index in [1.165, 1.54) is 6.07 Å². The molecule has 0 amide bonds. The van der Waals surface area contributed by atoms with E-state index in [1.54, 1.807) is 56.3 Å². The highest BCUT2D eigenvalue weighted by atomic mass is 16.3. The zero-order valence-electron chi connectivity index (χ0n) is 15.9. The zero-order valence-corrected chi connectivity index (χ0v) is 15.9. The first kappa shape index (κ1) is 22.9. The van der Waals surface area contributed by atoms with E-state index in [1.807, 2.05) is 0 Å². The first-order valence-electron chi connectivity index (χ1n) is 8.74. The first-order valence-corrected chi connectivity index (χ1v) is 8.74. The predicted molar refractivity (Wildman–Crippen MR) is 109 cm³/mol. The first-order chi connectivity index (χ1) is 13.3. The summed E-state index contributed by atoms with van der Waals surface area (Å²) in [6, 6.07) is 12.3. The Morgan fingerprint density at radius 2 is 1.32 bits per heavy atom. The molecule has 8 nitrogen and oxygen atoms in total. The number of hydrogen-bond acceptors (Lipinski definition) is 8. The van der Waals surface area contributed by atoms with Crippen LogP contribution in [0, 0.1) is 0 Å². The molecule has 0 fully saturated rings. The Kier molecular flexibility index (Phi) is 9.49. The summed E-state index contributed by atoms with van der Waals surface area (Å²) in [4.78, 5) is 22.2. The summed E-state index contributed by atoms with van der Waals surface area (Å²) in [5.74, 6) is -0.0391. The van der Waals surface area contributed by atoms with Gasteiger partial charge in [-0.05, 0) is 38.1 Å². The van der Waals surface area contributed by atoms with Crippen LogP contribution in [0.3, 0.4) is 0 Å². The minimum Gasteiger partial charge on any atom is -0.508 e. The predicted octanol–water partition coefficient (Wildman–Crippen LogP) is 1.47. The second-order valence-corrected chi connectivity index (χ2v) is 6.13. The van der Waals surface area contributed by atoms with Crippen LogP contribution in [0.25, 0.3) is 0 Å². The summed E-state index contributed by atoms with van der Waals surface area (Å²) in [5.41, 5.74) is 6.58. The van der Waals surface area contributed by atoms with E-state index in [9.17, 15) is 14.7 Å². The van der Waals surface area contributed by atoms with Gasteiger partial charge < -0.3 is 31.7 Å². The molecule has 0 saturated heterocycles. The molecule has 0 bridgehead atoms. The van der Waals surface area contributed by atoms with Gasteiger partial charge in [-0.25, -0.2) is 0 Å². The van der Waals surface area contributed by atoms with Gasteiger partial charge in [0.25, 0.3) is 0 Å². The highest BCUT2D eigenvalue weighted by Gasteiger charge is 2.11. The molecular weight excluding hydrogens is 362 g/mol. The van der Waals surface area contributed by atoms with E-state index in [0.29, 0.717) is 11.4 Å². The van der Waals surface area contributed by atoms with Gasteiger partial charge in [-0.3, -0.25) is 9.59 Å². The van der Waals surface area contributed by atoms with Gasteiger partial charge in [-0.2, -0.15) is 0 Å². The minimum absolute atomic E-state index is 0.0208. The molecule has 0 unspecified atom stereocenters. The second-order valence-electron chi connectivity index (χ2n) is 6.13. The van der Waals surface area contributed by atoms with Gasteiger partial charge in [0, 0.05) is 23.5 Å². The van der Waals surface area contributed by atoms with Crippen molar-refractivity contribution in [2.75, 3.05) is 23.8 Å². The van der Waals surface area contributed by atoms with Crippen molar-refractivity contribution in [2.24, 2.45) is 5.73 Å². The summed E-state index contributed by atoms with van der Waals surface area (Å²) in [7, 11) is 0. The second kappa shape index (κ2) is 11.6. The van der Waals surface area contributed by atoms with Crippen molar-refractivity contribution < 1.29 is 24.9 Å². The van der Waals surface area contributed by atoms with E-state index in [4.69, 9.17) is 15.9 Å². The van der Waals surface area contributed by atoms with Crippen LogP contribution >= 0.6 is 0 Å². The Bertz CT molecular complexity index is 716. The number of aliphatic hydroxyl groups is 1. The van der Waals surface area contributed by atoms with Crippen molar-refractivity contribution in [3.63, 3.8) is 0 Å². The molecule has 0 spiro atoms. The number of hydrogen-bond donors (Lipinski definition) is 6. The van der Waals surface area contributed by atoms with Gasteiger partial charge in [0.05, 0.1) is 18.6 Å². The van der Waals surface area contributed by atoms with Crippen molar-refractivity contribution in [1.29, 1.82) is 0 Å². The van der Waals surface area contributed by atoms with Gasteiger partial charge in [0.1, 0.15) is 18.1 Å². The molecule has 8 heteroatoms. The number of aromatic hydroxyl groups is 2. The van der Waals surface area contributed by atoms with Crippen LogP contribution in [-0.4, -0.2) is 52.1 Å². The van der Waals surface area contributed by atoms with Gasteiger partial charge in [-0.15, -0.1) is 0 Å². The lowest BCUT2D eigenvalue weighted by Gasteiger charge is -2.12. The van der Waals surface area contributed by atoms with Crippen molar-refractivity contribution in [1.82, 2.24) is 0 Å². The minimum atomic E-state index is -0.479. The molecule has 0 aliphatic carbocycles. The fourth-order valence-corrected chi connectivity index (χ4v) is 2.17. The normalized spacial score (nSPS) is 12.1. The number of phenolic OH excluding ortho intramolecular Hbond substituents is 2. The van der Waals surface area contributed by atoms with Crippen LogP contribution in [0.5, 0.6) is 11.5 Å². The van der Waals surface area contributed by atoms with Crippen LogP contribution in [0.1, 0.15) is 13.8 Å². The number of nitrogens with two attached hydrogens (primary N) is 1. The molecule has 0 radical (unpaired) electrons. The molecule has 0 heterocycles. The van der Waals surface area contributed by atoms with Crippen LogP contribution in [0.4, 0.5) is 11.4 Å². The molecule has 0 aromatic heterocycles. The third-order valence-electron chi connectivity index (χ3n) is 3.78. The average molecular weight is 389 g/mol. The smallest absolute Gasteiger partial charge is 0.179 e. The third kappa shape index (κ3) is 8.07. The fourth-order valence-electron chi connectivity index (χ4n) is 2.17. The Morgan fingerprint density at radius 3 is 1.68 bits per heavy atom. The molecule has 2 aromatic rings. The quantitative estimate of drug-likeness (QED) is 0.398. The number of phenols is 2. The van der Waals surface area contributed by atoms with Crippen LogP contribution in [0.15, 0.2) is 48.5 Å². The van der Waals surface area contributed by atoms with Crippen molar-refractivity contribution >= 4 is 22.9 Å². The number of carbonyl (C=O) groups is 2. The lowest BCUT2D eigenvalue weighted by atomic mass is 10.2. The van der Waals surface area contributed by atoms with E-state index in [2.05, 4.69) is 10.6 Å². The molecule has 2 atom stereocenters. The monoisotopic (exact) mass is 389 g/mol. The topological polar surface area (TPSA) is 145 Å². The standard InChI is InChI=1S/C10H14N2O2.C10H13NO3/c1-7(10(14)6-11)12-8-3-2-4-9(13)5-8;1-7(10(14)6-12)11-8-3-2-4-9(13)5-8/h2-5,7,12-13H,6,11H2,1H3;2-5,7,11-13H,6H2,1H3/t2*7-/m00/s1. The van der Waals surface area contributed by atoms with Gasteiger partial charge in [0.2, 0.25) is 0 Å². The Morgan fingerprint density at radius 1 is 0.893 bits per heavy atom. The van der Waals surface area contributed by atoms with E-state index < -0.39 is 12.6 Å². The van der Waals surface area contributed by atoms with E-state index in [-0.39, 0.29) is 35.7 Å². The highest BCUT2D eigenvalue weighted by molar-refractivity contribution is 5.88. The van der Waals surface area contributed by atoms with Crippen molar-refractivity contribution in [3.8, 4) is 11.5 Å². The van der Waals surface area contributed by atoms with E-state index >= 15 is 0 Å². The number of rotatable bonds is 8. The third-order valence-corrected chi connectivity index (χ3v) is 3.78. The van der Waals surface area contributed by atoms with E-state index in [0.717, 1.165) is 0 Å². The lowest BCUT2D eigenvalue weighted by molar-refractivity contribution is -0.122. The summed E-state index contributed by atoms with van der Waals surface area (Å²) < 4.78 is 0. The fraction of sp³-hybridized carbons (Fsp3) is 0.300. The molecule has 2 rings (SSSR count). The molecule has 7 N–H and O–H groups in total. The summed E-state index contributed by atoms with van der Waals surface area (Å²) in [6.45, 7) is 2.93. The Labute approximate surface area is 164 Å². The molecule has 0 saturated carbocycles. The highest BCUT2D eigenvalue weighted by Crippen LogP contribution is 2.17. The molecule has 2 aromatic carbocycles. The number of Topliss-reactive ketones (excluding diaryl/α,β-unsaturated/α-hetero) is 2. The number of nitrogens with one attached hydrogen (secondary N) is 2. The van der Waals surface area contributed by atoms with Gasteiger partial charge in [-0.1, -0.05) is 12.1 Å². The number of carbonyl (C=O) groups excluding carboxylic acids is 2. The largest absolute Gasteiger partial charge is 0.508 e. The van der Waals surface area contributed by atoms with Crippen molar-refractivity contribution in [3.05, 3.63) is 48.5 Å². The maximum Gasteiger partial charge on any atom is 0.179 e. The summed E-state index contributed by atoms with van der Waals surface area (Å²) >= 11 is 0.